The van der Waals surface area contributed by atoms with Gasteiger partial charge >= 0.3 is 0 Å². The lowest BCUT2D eigenvalue weighted by Crippen LogP contribution is -2.31. The van der Waals surface area contributed by atoms with E-state index in [0.717, 1.165) is 24.9 Å². The number of nitrogens with two attached hydrogens (primary N) is 1. The van der Waals surface area contributed by atoms with Crippen LogP contribution in [0, 0.1) is 10.1 Å². The number of hydrogen-bond acceptors (Lipinski definition) is 4. The summed E-state index contributed by atoms with van der Waals surface area (Å²) in [5.74, 6) is 0. The molecule has 0 saturated carbocycles. The van der Waals surface area contributed by atoms with E-state index in [4.69, 9.17) is 17.3 Å². The molecular formula is C13H20ClN3O2. The fourth-order valence-electron chi connectivity index (χ4n) is 2.01. The van der Waals surface area contributed by atoms with Gasteiger partial charge in [0.05, 0.1) is 4.92 Å². The van der Waals surface area contributed by atoms with Crippen molar-refractivity contribution in [3.63, 3.8) is 0 Å². The number of nitro groups is 1. The Morgan fingerprint density at radius 1 is 1.53 bits per heavy atom. The quantitative estimate of drug-likeness (QED) is 0.617. The van der Waals surface area contributed by atoms with Crippen LogP contribution in [-0.2, 0) is 0 Å². The molecule has 2 N–H and O–H groups in total. The van der Waals surface area contributed by atoms with Crippen LogP contribution < -0.4 is 5.73 Å². The van der Waals surface area contributed by atoms with Crippen molar-refractivity contribution in [3.8, 4) is 0 Å². The van der Waals surface area contributed by atoms with Crippen LogP contribution in [0.2, 0.25) is 5.02 Å². The molecule has 1 aromatic rings. The van der Waals surface area contributed by atoms with E-state index < -0.39 is 4.92 Å². The molecule has 0 aliphatic heterocycles. The number of halogens is 1. The Hall–Kier alpha value is -1.17. The van der Waals surface area contributed by atoms with Gasteiger partial charge < -0.3 is 5.73 Å². The smallest absolute Gasteiger partial charge is 0.288 e. The average Bonchev–Trinajstić information content (AvgIpc) is 2.38. The zero-order valence-electron chi connectivity index (χ0n) is 11.3. The van der Waals surface area contributed by atoms with Crippen LogP contribution in [0.15, 0.2) is 18.2 Å². The van der Waals surface area contributed by atoms with Crippen LogP contribution in [0.4, 0.5) is 5.69 Å². The Balaban J connectivity index is 2.98. The van der Waals surface area contributed by atoms with Gasteiger partial charge in [0.15, 0.2) is 0 Å². The molecule has 1 unspecified atom stereocenters. The van der Waals surface area contributed by atoms with Crippen molar-refractivity contribution in [2.75, 3.05) is 20.1 Å². The van der Waals surface area contributed by atoms with Gasteiger partial charge in [-0.3, -0.25) is 15.0 Å². The first-order chi connectivity index (χ1) is 9.01. The van der Waals surface area contributed by atoms with E-state index in [0.29, 0.717) is 6.54 Å². The van der Waals surface area contributed by atoms with Gasteiger partial charge in [-0.05, 0) is 31.6 Å². The molecule has 0 amide bonds. The average molecular weight is 286 g/mol. The minimum atomic E-state index is -0.467. The number of likely N-dealkylation sites (N-methyl/N-ethyl adjacent to an activating group) is 1. The molecular weight excluding hydrogens is 266 g/mol. The molecule has 19 heavy (non-hydrogen) atoms. The molecule has 0 fully saturated rings. The monoisotopic (exact) mass is 285 g/mol. The van der Waals surface area contributed by atoms with Crippen molar-refractivity contribution >= 4 is 17.3 Å². The molecule has 0 saturated heterocycles. The van der Waals surface area contributed by atoms with Crippen molar-refractivity contribution in [2.24, 2.45) is 5.73 Å². The van der Waals surface area contributed by atoms with Gasteiger partial charge in [-0.25, -0.2) is 0 Å². The predicted molar refractivity (Wildman–Crippen MR) is 77.4 cm³/mol. The Kier molecular flexibility index (Phi) is 6.21. The molecule has 0 aliphatic carbocycles. The largest absolute Gasteiger partial charge is 0.329 e. The van der Waals surface area contributed by atoms with E-state index in [1.165, 1.54) is 6.07 Å². The summed E-state index contributed by atoms with van der Waals surface area (Å²) in [4.78, 5) is 12.6. The second-order valence-corrected chi connectivity index (χ2v) is 4.96. The third-order valence-corrected chi connectivity index (χ3v) is 3.49. The summed E-state index contributed by atoms with van der Waals surface area (Å²) < 4.78 is 0. The van der Waals surface area contributed by atoms with Gasteiger partial charge in [0.2, 0.25) is 0 Å². The van der Waals surface area contributed by atoms with E-state index in [2.05, 4.69) is 11.8 Å². The number of hydrogen-bond donors (Lipinski definition) is 1. The fourth-order valence-corrected chi connectivity index (χ4v) is 2.20. The van der Waals surface area contributed by atoms with Gasteiger partial charge in [0.1, 0.15) is 5.02 Å². The van der Waals surface area contributed by atoms with Crippen LogP contribution >= 0.6 is 11.6 Å². The van der Waals surface area contributed by atoms with Gasteiger partial charge in [-0.1, -0.05) is 31.0 Å². The minimum absolute atomic E-state index is 0.0254. The summed E-state index contributed by atoms with van der Waals surface area (Å²) in [7, 11) is 1.98. The van der Waals surface area contributed by atoms with E-state index in [9.17, 15) is 10.1 Å². The Morgan fingerprint density at radius 2 is 2.21 bits per heavy atom. The van der Waals surface area contributed by atoms with Gasteiger partial charge in [-0.2, -0.15) is 0 Å². The summed E-state index contributed by atoms with van der Waals surface area (Å²) in [5.41, 5.74) is 6.56. The maximum Gasteiger partial charge on any atom is 0.288 e. The second kappa shape index (κ2) is 7.43. The second-order valence-electron chi connectivity index (χ2n) is 4.55. The first-order valence-corrected chi connectivity index (χ1v) is 6.73. The molecule has 0 spiro atoms. The molecule has 0 radical (unpaired) electrons. The molecule has 1 rings (SSSR count). The van der Waals surface area contributed by atoms with Crippen LogP contribution in [0.3, 0.4) is 0 Å². The summed E-state index contributed by atoms with van der Waals surface area (Å²) in [6.45, 7) is 3.45. The Bertz CT molecular complexity index is 440. The van der Waals surface area contributed by atoms with Crippen molar-refractivity contribution < 1.29 is 4.92 Å². The summed E-state index contributed by atoms with van der Waals surface area (Å²) in [6.07, 6.45) is 2.17. The van der Waals surface area contributed by atoms with Gasteiger partial charge in [-0.15, -0.1) is 0 Å². The topological polar surface area (TPSA) is 72.4 Å². The molecule has 0 heterocycles. The van der Waals surface area contributed by atoms with Crippen LogP contribution in [0.1, 0.15) is 31.4 Å². The van der Waals surface area contributed by atoms with Gasteiger partial charge in [0, 0.05) is 18.7 Å². The highest BCUT2D eigenvalue weighted by Gasteiger charge is 2.20. The Morgan fingerprint density at radius 3 is 2.74 bits per heavy atom. The third kappa shape index (κ3) is 4.16. The molecule has 0 bridgehead atoms. The lowest BCUT2D eigenvalue weighted by atomic mass is 10.0. The molecule has 1 atom stereocenters. The molecule has 106 valence electrons. The van der Waals surface area contributed by atoms with Crippen molar-refractivity contribution in [1.82, 2.24) is 4.90 Å². The van der Waals surface area contributed by atoms with E-state index in [1.807, 2.05) is 7.05 Å². The van der Waals surface area contributed by atoms with Crippen molar-refractivity contribution in [2.45, 2.75) is 25.8 Å². The van der Waals surface area contributed by atoms with Crippen LogP contribution in [-0.4, -0.2) is 30.0 Å². The molecule has 1 aromatic carbocycles. The molecule has 5 nitrogen and oxygen atoms in total. The van der Waals surface area contributed by atoms with E-state index in [1.54, 1.807) is 12.1 Å². The first-order valence-electron chi connectivity index (χ1n) is 6.35. The third-order valence-electron chi connectivity index (χ3n) is 3.17. The van der Waals surface area contributed by atoms with Crippen molar-refractivity contribution in [3.05, 3.63) is 38.9 Å². The highest BCUT2D eigenvalue weighted by molar-refractivity contribution is 6.32. The van der Waals surface area contributed by atoms with Gasteiger partial charge in [0.25, 0.3) is 5.69 Å². The maximum atomic E-state index is 10.9. The lowest BCUT2D eigenvalue weighted by Gasteiger charge is -2.27. The summed E-state index contributed by atoms with van der Waals surface area (Å²) in [5, 5.41) is 11.1. The highest BCUT2D eigenvalue weighted by atomic mass is 35.5. The predicted octanol–water partition coefficient (Wildman–Crippen LogP) is 2.98. The van der Waals surface area contributed by atoms with E-state index >= 15 is 0 Å². The first kappa shape index (κ1) is 15.9. The molecule has 0 aliphatic rings. The number of benzene rings is 1. The molecule has 6 heteroatoms. The SMILES string of the molecule is CCCCN(C)C(CN)c1ccc(Cl)c([N+](=O)[O-])c1. The minimum Gasteiger partial charge on any atom is -0.329 e. The normalized spacial score (nSPS) is 12.7. The van der Waals surface area contributed by atoms with Crippen molar-refractivity contribution in [1.29, 1.82) is 0 Å². The molecule has 0 aromatic heterocycles. The maximum absolute atomic E-state index is 10.9. The van der Waals surface area contributed by atoms with Crippen LogP contribution in [0.5, 0.6) is 0 Å². The lowest BCUT2D eigenvalue weighted by molar-refractivity contribution is -0.384. The highest BCUT2D eigenvalue weighted by Crippen LogP contribution is 2.29. The summed E-state index contributed by atoms with van der Waals surface area (Å²) >= 11 is 5.82. The fraction of sp³-hybridized carbons (Fsp3) is 0.538. The number of unbranched alkanes of at least 4 members (excludes halogenated alkanes) is 1. The zero-order valence-corrected chi connectivity index (χ0v) is 12.1. The Labute approximate surface area is 118 Å². The number of nitrogens with zero attached hydrogens (tertiary/aromatic N) is 2. The zero-order chi connectivity index (χ0) is 14.4. The van der Waals surface area contributed by atoms with E-state index in [-0.39, 0.29) is 16.8 Å². The standard InChI is InChI=1S/C13H20ClN3O2/c1-3-4-7-16(2)13(9-15)10-5-6-11(14)12(8-10)17(18)19/h5-6,8,13H,3-4,7,9,15H2,1-2H3. The number of rotatable bonds is 7. The number of nitro benzene ring substituents is 1. The van der Waals surface area contributed by atoms with Crippen LogP contribution in [0.25, 0.3) is 0 Å². The summed E-state index contributed by atoms with van der Waals surface area (Å²) in [6, 6.07) is 4.85.